The van der Waals surface area contributed by atoms with Crippen LogP contribution in [0.25, 0.3) is 0 Å². The molecule has 0 aromatic heterocycles. The second kappa shape index (κ2) is 11.6. The van der Waals surface area contributed by atoms with Crippen molar-refractivity contribution in [2.45, 2.75) is 26.8 Å². The fourth-order valence-corrected chi connectivity index (χ4v) is 0.375. The maximum atomic E-state index is 8.42. The van der Waals surface area contributed by atoms with Crippen LogP contribution in [0.2, 0.25) is 0 Å². The Bertz CT molecular complexity index is 50.9. The molecule has 0 heterocycles. The van der Waals surface area contributed by atoms with Gasteiger partial charge in [0.1, 0.15) is 0 Å². The Kier molecular flexibility index (Phi) is 14.6. The number of hydrogen-bond acceptors (Lipinski definition) is 3. The van der Waals surface area contributed by atoms with Gasteiger partial charge in [-0.2, -0.15) is 0 Å². The fourth-order valence-electron chi connectivity index (χ4n) is 0.375. The largest absolute Gasteiger partial charge is 0.395 e. The van der Waals surface area contributed by atoms with Crippen molar-refractivity contribution in [2.24, 2.45) is 0 Å². The monoisotopic (exact) mass is 149 g/mol. The summed E-state index contributed by atoms with van der Waals surface area (Å²) in [7, 11) is 0. The average molecular weight is 149 g/mol. The highest BCUT2D eigenvalue weighted by molar-refractivity contribution is 4.55. The molecule has 0 bridgehead atoms. The van der Waals surface area contributed by atoms with Crippen LogP contribution >= 0.6 is 0 Å². The third kappa shape index (κ3) is 10.8. The van der Waals surface area contributed by atoms with E-state index in [4.69, 9.17) is 10.2 Å². The van der Waals surface area contributed by atoms with Crippen molar-refractivity contribution in [1.82, 2.24) is 5.32 Å². The van der Waals surface area contributed by atoms with Crippen molar-refractivity contribution < 1.29 is 10.2 Å². The highest BCUT2D eigenvalue weighted by Crippen LogP contribution is 1.73. The first-order valence-corrected chi connectivity index (χ1v) is 3.76. The maximum absolute atomic E-state index is 8.42. The van der Waals surface area contributed by atoms with Crippen molar-refractivity contribution >= 4 is 0 Å². The first-order valence-electron chi connectivity index (χ1n) is 3.76. The summed E-state index contributed by atoms with van der Waals surface area (Å²) in [6.07, 6.45) is 0. The molecule has 0 aliphatic carbocycles. The van der Waals surface area contributed by atoms with Gasteiger partial charge < -0.3 is 15.5 Å². The molecule has 0 fully saturated rings. The van der Waals surface area contributed by atoms with E-state index in [9.17, 15) is 0 Å². The quantitative estimate of drug-likeness (QED) is 0.526. The molecule has 1 atom stereocenters. The molecule has 0 aromatic carbocycles. The Labute approximate surface area is 63.1 Å². The first-order chi connectivity index (χ1) is 4.81. The molecule has 0 rings (SSSR count). The van der Waals surface area contributed by atoms with Crippen molar-refractivity contribution in [3.8, 4) is 0 Å². The molecule has 10 heavy (non-hydrogen) atoms. The van der Waals surface area contributed by atoms with Crippen LogP contribution in [0.5, 0.6) is 0 Å². The molecular formula is C7H19NO2. The molecule has 3 heteroatoms. The maximum Gasteiger partial charge on any atom is 0.0581 e. The van der Waals surface area contributed by atoms with Gasteiger partial charge in [-0.3, -0.25) is 0 Å². The van der Waals surface area contributed by atoms with E-state index in [2.05, 4.69) is 5.32 Å². The molecule has 0 saturated carbocycles. The lowest BCUT2D eigenvalue weighted by Gasteiger charge is -2.07. The Morgan fingerprint density at radius 2 is 1.80 bits per heavy atom. The molecule has 3 N–H and O–H groups in total. The van der Waals surface area contributed by atoms with Crippen molar-refractivity contribution in [3.05, 3.63) is 0 Å². The summed E-state index contributed by atoms with van der Waals surface area (Å²) < 4.78 is 0. The van der Waals surface area contributed by atoms with Crippen LogP contribution in [0, 0.1) is 0 Å². The molecule has 0 aliphatic heterocycles. The van der Waals surface area contributed by atoms with E-state index in [1.807, 2.05) is 20.8 Å². The molecule has 0 aliphatic rings. The Morgan fingerprint density at radius 3 is 2.10 bits per heavy atom. The van der Waals surface area contributed by atoms with E-state index >= 15 is 0 Å². The van der Waals surface area contributed by atoms with Gasteiger partial charge in [-0.15, -0.1) is 0 Å². The van der Waals surface area contributed by atoms with Gasteiger partial charge in [0.25, 0.3) is 0 Å². The molecule has 0 spiro atoms. The standard InChI is InChI=1S/C5H13NO2.C2H6/c1-5(4-8)6-2-3-7;1-2/h5-8H,2-4H2,1H3;1-2H3. The van der Waals surface area contributed by atoms with Crippen molar-refractivity contribution in [2.75, 3.05) is 19.8 Å². The molecule has 0 aromatic rings. The fraction of sp³-hybridized carbons (Fsp3) is 1.00. The van der Waals surface area contributed by atoms with Crippen LogP contribution in [-0.4, -0.2) is 36.0 Å². The van der Waals surface area contributed by atoms with Gasteiger partial charge in [-0.25, -0.2) is 0 Å². The highest BCUT2D eigenvalue weighted by atomic mass is 16.3. The predicted molar refractivity (Wildman–Crippen MR) is 43.0 cm³/mol. The highest BCUT2D eigenvalue weighted by Gasteiger charge is 1.93. The zero-order valence-electron chi connectivity index (χ0n) is 7.09. The summed E-state index contributed by atoms with van der Waals surface area (Å²) in [6, 6.07) is 0.0992. The summed E-state index contributed by atoms with van der Waals surface area (Å²) >= 11 is 0. The van der Waals surface area contributed by atoms with Crippen LogP contribution in [-0.2, 0) is 0 Å². The predicted octanol–water partition coefficient (Wildman–Crippen LogP) is -0.0247. The summed E-state index contributed by atoms with van der Waals surface area (Å²) in [5.74, 6) is 0. The molecule has 3 nitrogen and oxygen atoms in total. The van der Waals surface area contributed by atoms with E-state index in [-0.39, 0.29) is 19.3 Å². The van der Waals surface area contributed by atoms with Gasteiger partial charge in [0.2, 0.25) is 0 Å². The zero-order chi connectivity index (χ0) is 8.41. The summed E-state index contributed by atoms with van der Waals surface area (Å²) in [6.45, 7) is 6.67. The molecule has 0 radical (unpaired) electrons. The van der Waals surface area contributed by atoms with E-state index in [0.29, 0.717) is 6.54 Å². The summed E-state index contributed by atoms with van der Waals surface area (Å²) in [5, 5.41) is 19.6. The number of rotatable bonds is 4. The Balaban J connectivity index is 0. The molecule has 1 unspecified atom stereocenters. The van der Waals surface area contributed by atoms with E-state index in [0.717, 1.165) is 0 Å². The van der Waals surface area contributed by atoms with Crippen LogP contribution in [0.1, 0.15) is 20.8 Å². The molecular weight excluding hydrogens is 130 g/mol. The van der Waals surface area contributed by atoms with Crippen LogP contribution < -0.4 is 5.32 Å². The molecule has 64 valence electrons. The third-order valence-corrected chi connectivity index (χ3v) is 0.878. The van der Waals surface area contributed by atoms with Crippen LogP contribution in [0.15, 0.2) is 0 Å². The molecule has 0 saturated heterocycles. The second-order valence-corrected chi connectivity index (χ2v) is 1.76. The van der Waals surface area contributed by atoms with E-state index in [1.54, 1.807) is 0 Å². The Morgan fingerprint density at radius 1 is 1.30 bits per heavy atom. The number of nitrogens with one attached hydrogen (secondary N) is 1. The van der Waals surface area contributed by atoms with Crippen LogP contribution in [0.4, 0.5) is 0 Å². The Hall–Kier alpha value is -0.120. The zero-order valence-corrected chi connectivity index (χ0v) is 7.09. The topological polar surface area (TPSA) is 52.5 Å². The van der Waals surface area contributed by atoms with Crippen molar-refractivity contribution in [1.29, 1.82) is 0 Å². The van der Waals surface area contributed by atoms with Gasteiger partial charge >= 0.3 is 0 Å². The van der Waals surface area contributed by atoms with Gasteiger partial charge in [-0.1, -0.05) is 13.8 Å². The minimum absolute atomic E-state index is 0.0992. The normalized spacial score (nSPS) is 11.7. The smallest absolute Gasteiger partial charge is 0.0581 e. The lowest BCUT2D eigenvalue weighted by Crippen LogP contribution is -2.31. The van der Waals surface area contributed by atoms with Gasteiger partial charge in [0.05, 0.1) is 13.2 Å². The summed E-state index contributed by atoms with van der Waals surface area (Å²) in [5.41, 5.74) is 0. The third-order valence-electron chi connectivity index (χ3n) is 0.878. The second-order valence-electron chi connectivity index (χ2n) is 1.76. The van der Waals surface area contributed by atoms with Gasteiger partial charge in [0, 0.05) is 12.6 Å². The first kappa shape index (κ1) is 12.5. The minimum Gasteiger partial charge on any atom is -0.395 e. The average Bonchev–Trinajstić information content (AvgIpc) is 2.04. The number of hydrogen-bond donors (Lipinski definition) is 3. The van der Waals surface area contributed by atoms with Crippen LogP contribution in [0.3, 0.4) is 0 Å². The van der Waals surface area contributed by atoms with E-state index in [1.165, 1.54) is 0 Å². The SMILES string of the molecule is CC.CC(CO)NCCO. The van der Waals surface area contributed by atoms with E-state index < -0.39 is 0 Å². The van der Waals surface area contributed by atoms with Crippen molar-refractivity contribution in [3.63, 3.8) is 0 Å². The summed E-state index contributed by atoms with van der Waals surface area (Å²) in [4.78, 5) is 0. The molecule has 0 amide bonds. The number of aliphatic hydroxyl groups excluding tert-OH is 2. The van der Waals surface area contributed by atoms with Gasteiger partial charge in [-0.05, 0) is 6.92 Å². The van der Waals surface area contributed by atoms with Gasteiger partial charge in [0.15, 0.2) is 0 Å². The lowest BCUT2D eigenvalue weighted by molar-refractivity contribution is 0.234. The minimum atomic E-state index is 0.0992. The number of aliphatic hydroxyl groups is 2. The lowest BCUT2D eigenvalue weighted by atomic mass is 10.4.